The molecule has 1 aliphatic rings. The van der Waals surface area contributed by atoms with Crippen LogP contribution in [0.3, 0.4) is 0 Å². The van der Waals surface area contributed by atoms with E-state index in [9.17, 15) is 0 Å². The molecule has 4 heteroatoms. The molecule has 0 amide bonds. The molecule has 0 atom stereocenters. The van der Waals surface area contributed by atoms with Gasteiger partial charge in [0.1, 0.15) is 0 Å². The van der Waals surface area contributed by atoms with E-state index in [2.05, 4.69) is 16.5 Å². The lowest BCUT2D eigenvalue weighted by Gasteiger charge is -2.15. The Kier molecular flexibility index (Phi) is 2.33. The molecule has 0 saturated heterocycles. The molecule has 3 rings (SSSR count). The van der Waals surface area contributed by atoms with Gasteiger partial charge in [-0.25, -0.2) is 4.98 Å². The van der Waals surface area contributed by atoms with Gasteiger partial charge in [-0.15, -0.1) is 0 Å². The lowest BCUT2D eigenvalue weighted by Crippen LogP contribution is -2.13. The van der Waals surface area contributed by atoms with Gasteiger partial charge in [0, 0.05) is 6.54 Å². The summed E-state index contributed by atoms with van der Waals surface area (Å²) in [4.78, 5) is 4.38. The maximum absolute atomic E-state index is 6.25. The van der Waals surface area contributed by atoms with Crippen LogP contribution in [0, 0.1) is 5.41 Å². The van der Waals surface area contributed by atoms with Crippen molar-refractivity contribution in [2.45, 2.75) is 32.7 Å². The SMILES string of the molecule is CCC1(Cn2c(N)nc3cccc(Cl)c32)CC1. The largest absolute Gasteiger partial charge is 0.369 e. The van der Waals surface area contributed by atoms with E-state index >= 15 is 0 Å². The quantitative estimate of drug-likeness (QED) is 0.905. The van der Waals surface area contributed by atoms with Gasteiger partial charge in [-0.3, -0.25) is 0 Å². The van der Waals surface area contributed by atoms with Crippen LogP contribution in [0.2, 0.25) is 5.02 Å². The van der Waals surface area contributed by atoms with Gasteiger partial charge in [0.15, 0.2) is 0 Å². The molecule has 2 N–H and O–H groups in total. The van der Waals surface area contributed by atoms with E-state index in [4.69, 9.17) is 17.3 Å². The smallest absolute Gasteiger partial charge is 0.201 e. The summed E-state index contributed by atoms with van der Waals surface area (Å²) in [6.45, 7) is 3.18. The van der Waals surface area contributed by atoms with Gasteiger partial charge in [-0.05, 0) is 36.8 Å². The van der Waals surface area contributed by atoms with Crippen LogP contribution in [0.25, 0.3) is 11.0 Å². The molecule has 0 radical (unpaired) electrons. The Labute approximate surface area is 106 Å². The Bertz CT molecular complexity index is 569. The minimum Gasteiger partial charge on any atom is -0.369 e. The lowest BCUT2D eigenvalue weighted by atomic mass is 10.0. The summed E-state index contributed by atoms with van der Waals surface area (Å²) in [5.74, 6) is 0.577. The van der Waals surface area contributed by atoms with Crippen molar-refractivity contribution in [2.75, 3.05) is 5.73 Å². The Morgan fingerprint density at radius 3 is 2.88 bits per heavy atom. The normalized spacial score (nSPS) is 17.5. The van der Waals surface area contributed by atoms with E-state index in [1.165, 1.54) is 19.3 Å². The molecule has 1 heterocycles. The van der Waals surface area contributed by atoms with Gasteiger partial charge >= 0.3 is 0 Å². The van der Waals surface area contributed by atoms with Gasteiger partial charge in [-0.2, -0.15) is 0 Å². The monoisotopic (exact) mass is 249 g/mol. The summed E-state index contributed by atoms with van der Waals surface area (Å²) in [6, 6.07) is 5.76. The molecule has 0 aliphatic heterocycles. The zero-order valence-corrected chi connectivity index (χ0v) is 10.7. The Balaban J connectivity index is 2.12. The molecule has 2 aromatic rings. The van der Waals surface area contributed by atoms with Gasteiger partial charge in [0.25, 0.3) is 0 Å². The maximum atomic E-state index is 6.25. The van der Waals surface area contributed by atoms with Gasteiger partial charge in [0.05, 0.1) is 16.1 Å². The molecule has 3 nitrogen and oxygen atoms in total. The number of hydrogen-bond acceptors (Lipinski definition) is 2. The average molecular weight is 250 g/mol. The van der Waals surface area contributed by atoms with Crippen LogP contribution in [-0.2, 0) is 6.54 Å². The number of hydrogen-bond donors (Lipinski definition) is 1. The third-order valence-electron chi connectivity index (χ3n) is 3.95. The number of fused-ring (bicyclic) bond motifs is 1. The van der Waals surface area contributed by atoms with Gasteiger partial charge in [0.2, 0.25) is 5.95 Å². The summed E-state index contributed by atoms with van der Waals surface area (Å²) in [5.41, 5.74) is 8.31. The van der Waals surface area contributed by atoms with E-state index in [0.29, 0.717) is 11.4 Å². The fourth-order valence-electron chi connectivity index (χ4n) is 2.46. The van der Waals surface area contributed by atoms with E-state index in [1.807, 2.05) is 18.2 Å². The number of nitrogens with two attached hydrogens (primary N) is 1. The predicted octanol–water partition coefficient (Wildman–Crippen LogP) is 3.46. The summed E-state index contributed by atoms with van der Waals surface area (Å²) in [7, 11) is 0. The number of halogens is 1. The van der Waals surface area contributed by atoms with Crippen molar-refractivity contribution in [2.24, 2.45) is 5.41 Å². The first-order chi connectivity index (χ1) is 8.15. The average Bonchev–Trinajstić information content (AvgIpc) is 3.00. The molecule has 0 spiro atoms. The predicted molar refractivity (Wildman–Crippen MR) is 71.1 cm³/mol. The summed E-state index contributed by atoms with van der Waals surface area (Å²) >= 11 is 6.25. The molecule has 0 bridgehead atoms. The molecule has 1 saturated carbocycles. The van der Waals surface area contributed by atoms with Gasteiger partial charge < -0.3 is 10.3 Å². The second-order valence-corrected chi connectivity index (χ2v) is 5.42. The van der Waals surface area contributed by atoms with Crippen molar-refractivity contribution in [1.29, 1.82) is 0 Å². The molecule has 17 heavy (non-hydrogen) atoms. The zero-order valence-electron chi connectivity index (χ0n) is 9.91. The Morgan fingerprint density at radius 1 is 1.47 bits per heavy atom. The van der Waals surface area contributed by atoms with Crippen LogP contribution < -0.4 is 5.73 Å². The standard InChI is InChI=1S/C13H16ClN3/c1-2-13(6-7-13)8-17-11-9(14)4-3-5-10(11)16-12(17)15/h3-5H,2,6-8H2,1H3,(H2,15,16). The van der Waals surface area contributed by atoms with Crippen LogP contribution in [0.5, 0.6) is 0 Å². The third-order valence-corrected chi connectivity index (χ3v) is 4.25. The van der Waals surface area contributed by atoms with Crippen molar-refractivity contribution in [3.63, 3.8) is 0 Å². The minimum atomic E-state index is 0.431. The summed E-state index contributed by atoms with van der Waals surface area (Å²) in [6.07, 6.45) is 3.76. The number of rotatable bonds is 3. The van der Waals surface area contributed by atoms with Crippen LogP contribution in [0.15, 0.2) is 18.2 Å². The second kappa shape index (κ2) is 3.64. The first-order valence-electron chi connectivity index (χ1n) is 6.05. The number of nitrogen functional groups attached to an aromatic ring is 1. The number of nitrogens with zero attached hydrogens (tertiary/aromatic N) is 2. The number of aromatic nitrogens is 2. The molecule has 1 aliphatic carbocycles. The zero-order chi connectivity index (χ0) is 12.0. The number of benzene rings is 1. The summed E-state index contributed by atoms with van der Waals surface area (Å²) < 4.78 is 2.08. The van der Waals surface area contributed by atoms with E-state index in [0.717, 1.165) is 22.6 Å². The highest BCUT2D eigenvalue weighted by molar-refractivity contribution is 6.35. The molecule has 0 unspecified atom stereocenters. The minimum absolute atomic E-state index is 0.431. The number of anilines is 1. The Morgan fingerprint density at radius 2 is 2.24 bits per heavy atom. The van der Waals surface area contributed by atoms with Crippen molar-refractivity contribution >= 4 is 28.6 Å². The van der Waals surface area contributed by atoms with Crippen LogP contribution in [0.1, 0.15) is 26.2 Å². The van der Waals surface area contributed by atoms with Crippen molar-refractivity contribution < 1.29 is 0 Å². The highest BCUT2D eigenvalue weighted by Gasteiger charge is 2.41. The van der Waals surface area contributed by atoms with Crippen LogP contribution >= 0.6 is 11.6 Å². The van der Waals surface area contributed by atoms with Crippen molar-refractivity contribution in [3.8, 4) is 0 Å². The van der Waals surface area contributed by atoms with Crippen molar-refractivity contribution in [3.05, 3.63) is 23.2 Å². The fourth-order valence-corrected chi connectivity index (χ4v) is 2.73. The van der Waals surface area contributed by atoms with E-state index < -0.39 is 0 Å². The topological polar surface area (TPSA) is 43.8 Å². The molecule has 90 valence electrons. The molecular weight excluding hydrogens is 234 g/mol. The number of imidazole rings is 1. The molecular formula is C13H16ClN3. The Hall–Kier alpha value is -1.22. The second-order valence-electron chi connectivity index (χ2n) is 5.02. The first kappa shape index (κ1) is 10.9. The number of para-hydroxylation sites is 1. The van der Waals surface area contributed by atoms with Crippen LogP contribution in [-0.4, -0.2) is 9.55 Å². The highest BCUT2D eigenvalue weighted by Crippen LogP contribution is 2.50. The fraction of sp³-hybridized carbons (Fsp3) is 0.462. The third kappa shape index (κ3) is 1.69. The molecule has 1 fully saturated rings. The molecule has 1 aromatic heterocycles. The van der Waals surface area contributed by atoms with Crippen molar-refractivity contribution in [1.82, 2.24) is 9.55 Å². The molecule has 1 aromatic carbocycles. The maximum Gasteiger partial charge on any atom is 0.201 e. The van der Waals surface area contributed by atoms with E-state index in [1.54, 1.807) is 0 Å². The first-order valence-corrected chi connectivity index (χ1v) is 6.43. The highest BCUT2D eigenvalue weighted by atomic mass is 35.5. The lowest BCUT2D eigenvalue weighted by molar-refractivity contribution is 0.418. The summed E-state index contributed by atoms with van der Waals surface area (Å²) in [5, 5.41) is 0.735. The van der Waals surface area contributed by atoms with Gasteiger partial charge in [-0.1, -0.05) is 24.6 Å². The van der Waals surface area contributed by atoms with Crippen LogP contribution in [0.4, 0.5) is 5.95 Å². The van der Waals surface area contributed by atoms with E-state index in [-0.39, 0.29) is 0 Å².